The molecule has 1 rings (SSSR count). The van der Waals surface area contributed by atoms with E-state index in [1.54, 1.807) is 0 Å². The highest BCUT2D eigenvalue weighted by molar-refractivity contribution is 5.59. The predicted octanol–water partition coefficient (Wildman–Crippen LogP) is 0.547. The molecule has 0 aromatic carbocycles. The van der Waals surface area contributed by atoms with Crippen LogP contribution in [0.5, 0.6) is 0 Å². The molecule has 0 N–H and O–H groups in total. The van der Waals surface area contributed by atoms with Crippen molar-refractivity contribution in [2.75, 3.05) is 7.05 Å². The van der Waals surface area contributed by atoms with Crippen molar-refractivity contribution in [1.82, 2.24) is 9.91 Å². The lowest BCUT2D eigenvalue weighted by molar-refractivity contribution is -0.197. The maximum absolute atomic E-state index is 12.1. The third kappa shape index (κ3) is 1.28. The number of halogens is 3. The summed E-state index contributed by atoms with van der Waals surface area (Å²) < 4.78 is 36.4. The molecule has 0 radical (unpaired) electrons. The Hall–Kier alpha value is -1.45. The van der Waals surface area contributed by atoms with Crippen molar-refractivity contribution in [2.24, 2.45) is 5.10 Å². The summed E-state index contributed by atoms with van der Waals surface area (Å²) in [7, 11) is 1.16. The molecule has 66 valence electrons. The molecule has 1 heterocycles. The van der Waals surface area contributed by atoms with Gasteiger partial charge in [0.15, 0.2) is 6.19 Å². The Morgan fingerprint density at radius 2 is 2.17 bits per heavy atom. The molecular weight excluding hydrogens is 173 g/mol. The van der Waals surface area contributed by atoms with E-state index < -0.39 is 12.3 Å². The van der Waals surface area contributed by atoms with Crippen LogP contribution in [0.15, 0.2) is 5.10 Å². The minimum Gasteiger partial charge on any atom is -0.266 e. The summed E-state index contributed by atoms with van der Waals surface area (Å²) in [5, 5.41) is 12.3. The molecule has 0 fully saturated rings. The van der Waals surface area contributed by atoms with Crippen molar-refractivity contribution >= 4 is 6.34 Å². The Bertz CT molecular complexity index is 240. The lowest BCUT2D eigenvalue weighted by Crippen LogP contribution is -2.46. The van der Waals surface area contributed by atoms with Crippen molar-refractivity contribution in [2.45, 2.75) is 12.3 Å². The monoisotopic (exact) mass is 178 g/mol. The Labute approximate surface area is 66.5 Å². The second-order valence-corrected chi connectivity index (χ2v) is 2.23. The summed E-state index contributed by atoms with van der Waals surface area (Å²) in [6.07, 6.45) is -4.21. The summed E-state index contributed by atoms with van der Waals surface area (Å²) in [6, 6.07) is 0. The van der Waals surface area contributed by atoms with E-state index in [0.717, 1.165) is 13.4 Å². The van der Waals surface area contributed by atoms with Crippen LogP contribution in [0, 0.1) is 11.5 Å². The molecule has 0 bridgehead atoms. The van der Waals surface area contributed by atoms with E-state index in [-0.39, 0.29) is 0 Å². The number of nitriles is 1. The van der Waals surface area contributed by atoms with E-state index in [9.17, 15) is 13.2 Å². The summed E-state index contributed by atoms with van der Waals surface area (Å²) >= 11 is 0. The van der Waals surface area contributed by atoms with Crippen molar-refractivity contribution in [3.8, 4) is 6.19 Å². The fourth-order valence-corrected chi connectivity index (χ4v) is 0.893. The summed E-state index contributed by atoms with van der Waals surface area (Å²) in [4.78, 5) is 0.444. The smallest absolute Gasteiger partial charge is 0.266 e. The molecular formula is C5H5F3N4. The van der Waals surface area contributed by atoms with Crippen LogP contribution in [0.25, 0.3) is 0 Å². The van der Waals surface area contributed by atoms with Crippen LogP contribution in [0.2, 0.25) is 0 Å². The first kappa shape index (κ1) is 8.64. The number of nitrogens with zero attached hydrogens (tertiary/aromatic N) is 4. The van der Waals surface area contributed by atoms with Gasteiger partial charge in [-0.3, -0.25) is 5.01 Å². The molecule has 1 unspecified atom stereocenters. The number of alkyl halides is 3. The zero-order chi connectivity index (χ0) is 9.35. The Kier molecular flexibility index (Phi) is 1.84. The molecule has 0 amide bonds. The van der Waals surface area contributed by atoms with Gasteiger partial charge >= 0.3 is 6.18 Å². The number of hydrazone groups is 1. The van der Waals surface area contributed by atoms with E-state index in [0.29, 0.717) is 9.91 Å². The second-order valence-electron chi connectivity index (χ2n) is 2.23. The van der Waals surface area contributed by atoms with Crippen LogP contribution in [0.1, 0.15) is 0 Å². The normalized spacial score (nSPS) is 23.1. The summed E-state index contributed by atoms with van der Waals surface area (Å²) in [5.41, 5.74) is 0. The molecule has 0 spiro atoms. The van der Waals surface area contributed by atoms with Gasteiger partial charge in [0.2, 0.25) is 6.17 Å². The number of hydrogen-bond donors (Lipinski definition) is 0. The third-order valence-corrected chi connectivity index (χ3v) is 1.38. The molecule has 0 aromatic heterocycles. The number of rotatable bonds is 0. The van der Waals surface area contributed by atoms with Crippen molar-refractivity contribution in [3.05, 3.63) is 0 Å². The SMILES string of the molecule is CN1N=CN(C#N)C1C(F)(F)F. The highest BCUT2D eigenvalue weighted by Crippen LogP contribution is 2.28. The zero-order valence-electron chi connectivity index (χ0n) is 6.08. The Morgan fingerprint density at radius 1 is 1.58 bits per heavy atom. The average molecular weight is 178 g/mol. The van der Waals surface area contributed by atoms with E-state index >= 15 is 0 Å². The summed E-state index contributed by atoms with van der Waals surface area (Å²) in [5.74, 6) is 0. The maximum Gasteiger partial charge on any atom is 0.430 e. The van der Waals surface area contributed by atoms with Crippen molar-refractivity contribution in [1.29, 1.82) is 5.26 Å². The molecule has 12 heavy (non-hydrogen) atoms. The predicted molar refractivity (Wildman–Crippen MR) is 33.6 cm³/mol. The molecule has 0 saturated heterocycles. The second kappa shape index (κ2) is 2.55. The van der Waals surface area contributed by atoms with Gasteiger partial charge in [0.1, 0.15) is 6.34 Å². The molecule has 0 aromatic rings. The largest absolute Gasteiger partial charge is 0.430 e. The van der Waals surface area contributed by atoms with E-state index in [2.05, 4.69) is 5.10 Å². The molecule has 0 saturated carbocycles. The van der Waals surface area contributed by atoms with Crippen LogP contribution in [0.3, 0.4) is 0 Å². The molecule has 4 nitrogen and oxygen atoms in total. The lowest BCUT2D eigenvalue weighted by atomic mass is 10.4. The first-order chi connectivity index (χ1) is 5.46. The van der Waals surface area contributed by atoms with Gasteiger partial charge in [0.05, 0.1) is 0 Å². The van der Waals surface area contributed by atoms with Gasteiger partial charge in [-0.1, -0.05) is 0 Å². The molecule has 1 atom stereocenters. The quantitative estimate of drug-likeness (QED) is 0.508. The van der Waals surface area contributed by atoms with Gasteiger partial charge in [-0.05, 0) is 0 Å². The standard InChI is InChI=1S/C5H5F3N4/c1-11-4(5(6,7)8)12(2-9)3-10-11/h3-4H,1H3. The molecule has 1 aliphatic heterocycles. The third-order valence-electron chi connectivity index (χ3n) is 1.38. The highest BCUT2D eigenvalue weighted by Gasteiger charge is 2.48. The lowest BCUT2D eigenvalue weighted by Gasteiger charge is -2.24. The fraction of sp³-hybridized carbons (Fsp3) is 0.600. The van der Waals surface area contributed by atoms with Crippen molar-refractivity contribution in [3.63, 3.8) is 0 Å². The zero-order valence-corrected chi connectivity index (χ0v) is 6.08. The minimum absolute atomic E-state index is 0.444. The van der Waals surface area contributed by atoms with Gasteiger partial charge in [-0.25, -0.2) is 4.90 Å². The highest BCUT2D eigenvalue weighted by atomic mass is 19.4. The first-order valence-corrected chi connectivity index (χ1v) is 2.98. The molecule has 0 aliphatic carbocycles. The van der Waals surface area contributed by atoms with Crippen molar-refractivity contribution < 1.29 is 13.2 Å². The minimum atomic E-state index is -4.47. The van der Waals surface area contributed by atoms with Gasteiger partial charge in [-0.2, -0.15) is 23.5 Å². The van der Waals surface area contributed by atoms with Crippen LogP contribution >= 0.6 is 0 Å². The Balaban J connectivity index is 2.84. The van der Waals surface area contributed by atoms with Gasteiger partial charge in [0, 0.05) is 7.05 Å². The fourth-order valence-electron chi connectivity index (χ4n) is 0.893. The average Bonchev–Trinajstić information content (AvgIpc) is 2.29. The topological polar surface area (TPSA) is 42.6 Å². The van der Waals surface area contributed by atoms with Crippen LogP contribution in [-0.2, 0) is 0 Å². The Morgan fingerprint density at radius 3 is 2.50 bits per heavy atom. The molecule has 1 aliphatic rings. The van der Waals surface area contributed by atoms with E-state index in [4.69, 9.17) is 5.26 Å². The maximum atomic E-state index is 12.1. The van der Waals surface area contributed by atoms with Crippen LogP contribution < -0.4 is 0 Å². The van der Waals surface area contributed by atoms with E-state index in [1.807, 2.05) is 0 Å². The number of hydrogen-bond acceptors (Lipinski definition) is 4. The van der Waals surface area contributed by atoms with Gasteiger partial charge < -0.3 is 0 Å². The van der Waals surface area contributed by atoms with Gasteiger partial charge in [-0.15, -0.1) is 0 Å². The first-order valence-electron chi connectivity index (χ1n) is 2.98. The van der Waals surface area contributed by atoms with Crippen LogP contribution in [-0.4, -0.2) is 35.6 Å². The van der Waals surface area contributed by atoms with E-state index in [1.165, 1.54) is 6.19 Å². The van der Waals surface area contributed by atoms with Crippen LogP contribution in [0.4, 0.5) is 13.2 Å². The molecule has 7 heteroatoms. The summed E-state index contributed by atoms with van der Waals surface area (Å²) in [6.45, 7) is 0. The van der Waals surface area contributed by atoms with Gasteiger partial charge in [0.25, 0.3) is 0 Å².